The molecule has 0 radical (unpaired) electrons. The molecule has 0 fully saturated rings. The van der Waals surface area contributed by atoms with E-state index in [2.05, 4.69) is 4.98 Å². The average molecular weight is 153 g/mol. The molecular weight excluding hydrogens is 142 g/mol. The molecule has 11 heavy (non-hydrogen) atoms. The van der Waals surface area contributed by atoms with Crippen molar-refractivity contribution in [1.29, 1.82) is 0 Å². The minimum atomic E-state index is -0.479. The van der Waals surface area contributed by atoms with Crippen LogP contribution in [0.5, 0.6) is 0 Å². The second-order valence-electron chi connectivity index (χ2n) is 2.35. The maximum atomic E-state index is 10.7. The summed E-state index contributed by atoms with van der Waals surface area (Å²) < 4.78 is 1.71. The topological polar surface area (TPSA) is 60.9 Å². The van der Waals surface area contributed by atoms with Crippen molar-refractivity contribution in [3.63, 3.8) is 0 Å². The highest BCUT2D eigenvalue weighted by molar-refractivity contribution is 5.89. The van der Waals surface area contributed by atoms with Crippen molar-refractivity contribution in [1.82, 2.24) is 9.55 Å². The van der Waals surface area contributed by atoms with Crippen LogP contribution in [0.2, 0.25) is 0 Å². The molecule has 4 nitrogen and oxygen atoms in total. The Morgan fingerprint density at radius 1 is 1.82 bits per heavy atom. The van der Waals surface area contributed by atoms with Crippen LogP contribution in [0.4, 0.5) is 0 Å². The summed E-state index contributed by atoms with van der Waals surface area (Å²) >= 11 is 0. The summed E-state index contributed by atoms with van der Waals surface area (Å²) in [5, 5.41) is 0. The molecule has 1 aromatic heterocycles. The first-order chi connectivity index (χ1) is 5.16. The van der Waals surface area contributed by atoms with Gasteiger partial charge in [0, 0.05) is 18.9 Å². The highest BCUT2D eigenvalue weighted by Crippen LogP contribution is 2.02. The van der Waals surface area contributed by atoms with Crippen LogP contribution in [0.1, 0.15) is 23.2 Å². The van der Waals surface area contributed by atoms with Crippen LogP contribution in [0.25, 0.3) is 0 Å². The van der Waals surface area contributed by atoms with Gasteiger partial charge in [-0.1, -0.05) is 6.92 Å². The van der Waals surface area contributed by atoms with E-state index in [1.54, 1.807) is 17.8 Å². The van der Waals surface area contributed by atoms with Gasteiger partial charge >= 0.3 is 0 Å². The third-order valence-electron chi connectivity index (χ3n) is 1.67. The van der Waals surface area contributed by atoms with Gasteiger partial charge in [0.15, 0.2) is 5.82 Å². The Morgan fingerprint density at radius 3 is 2.73 bits per heavy atom. The van der Waals surface area contributed by atoms with Crippen LogP contribution in [-0.4, -0.2) is 15.5 Å². The second-order valence-corrected chi connectivity index (χ2v) is 2.35. The van der Waals surface area contributed by atoms with Gasteiger partial charge in [-0.05, 0) is 6.42 Å². The van der Waals surface area contributed by atoms with E-state index in [1.807, 2.05) is 6.92 Å². The van der Waals surface area contributed by atoms with Gasteiger partial charge in [0.2, 0.25) is 0 Å². The number of carbonyl (C=O) groups excluding carboxylic acids is 1. The molecule has 0 saturated carbocycles. The summed E-state index contributed by atoms with van der Waals surface area (Å²) in [6, 6.07) is 0. The standard InChI is InChI=1S/C7H11N3O/c1-3-5-4-9-7(6(8)11)10(5)2/h4H,3H2,1-2H3,(H2,8,11). The molecule has 0 aromatic carbocycles. The molecule has 0 aliphatic carbocycles. The Labute approximate surface area is 65.0 Å². The molecular formula is C7H11N3O. The highest BCUT2D eigenvalue weighted by Gasteiger charge is 2.08. The summed E-state index contributed by atoms with van der Waals surface area (Å²) in [4.78, 5) is 14.6. The van der Waals surface area contributed by atoms with E-state index in [0.29, 0.717) is 5.82 Å². The number of primary amides is 1. The second kappa shape index (κ2) is 2.74. The Hall–Kier alpha value is -1.32. The molecule has 0 atom stereocenters. The number of aryl methyl sites for hydroxylation is 1. The molecule has 0 bridgehead atoms. The van der Waals surface area contributed by atoms with Crippen molar-refractivity contribution in [3.05, 3.63) is 17.7 Å². The minimum absolute atomic E-state index is 0.321. The molecule has 1 rings (SSSR count). The number of hydrogen-bond acceptors (Lipinski definition) is 2. The summed E-state index contributed by atoms with van der Waals surface area (Å²) in [6.07, 6.45) is 2.52. The average Bonchev–Trinajstić information content (AvgIpc) is 2.30. The highest BCUT2D eigenvalue weighted by atomic mass is 16.1. The number of imidazole rings is 1. The van der Waals surface area contributed by atoms with E-state index in [0.717, 1.165) is 12.1 Å². The molecule has 0 aliphatic heterocycles. The van der Waals surface area contributed by atoms with Gasteiger partial charge in [-0.15, -0.1) is 0 Å². The Balaban J connectivity index is 3.10. The monoisotopic (exact) mass is 153 g/mol. The number of amides is 1. The van der Waals surface area contributed by atoms with E-state index >= 15 is 0 Å². The Bertz CT molecular complexity index is 277. The minimum Gasteiger partial charge on any atom is -0.363 e. The molecule has 2 N–H and O–H groups in total. The Kier molecular flexibility index (Phi) is 1.94. The SMILES string of the molecule is CCc1cnc(C(N)=O)n1C. The molecule has 1 heterocycles. The number of aromatic nitrogens is 2. The summed E-state index contributed by atoms with van der Waals surface area (Å²) in [7, 11) is 1.78. The van der Waals surface area contributed by atoms with E-state index in [9.17, 15) is 4.79 Å². The third-order valence-corrected chi connectivity index (χ3v) is 1.67. The van der Waals surface area contributed by atoms with Gasteiger partial charge in [0.1, 0.15) is 0 Å². The van der Waals surface area contributed by atoms with Crippen molar-refractivity contribution in [2.24, 2.45) is 12.8 Å². The van der Waals surface area contributed by atoms with Gasteiger partial charge < -0.3 is 10.3 Å². The fraction of sp³-hybridized carbons (Fsp3) is 0.429. The first kappa shape index (κ1) is 7.78. The zero-order valence-electron chi connectivity index (χ0n) is 6.66. The maximum Gasteiger partial charge on any atom is 0.284 e. The van der Waals surface area contributed by atoms with Crippen molar-refractivity contribution in [3.8, 4) is 0 Å². The molecule has 0 aliphatic rings. The van der Waals surface area contributed by atoms with Crippen molar-refractivity contribution in [2.45, 2.75) is 13.3 Å². The van der Waals surface area contributed by atoms with Crippen molar-refractivity contribution >= 4 is 5.91 Å². The van der Waals surface area contributed by atoms with Gasteiger partial charge in [-0.25, -0.2) is 4.98 Å². The zero-order valence-corrected chi connectivity index (χ0v) is 6.66. The number of hydrogen-bond donors (Lipinski definition) is 1. The van der Waals surface area contributed by atoms with Crippen molar-refractivity contribution < 1.29 is 4.79 Å². The predicted octanol–water partition coefficient (Wildman–Crippen LogP) is 0.0814. The lowest BCUT2D eigenvalue weighted by molar-refractivity contribution is 0.0987. The molecule has 0 spiro atoms. The summed E-state index contributed by atoms with van der Waals surface area (Å²) in [5.74, 6) is -0.158. The first-order valence-corrected chi connectivity index (χ1v) is 3.47. The van der Waals surface area contributed by atoms with Crippen LogP contribution >= 0.6 is 0 Å². The van der Waals surface area contributed by atoms with Crippen LogP contribution < -0.4 is 5.73 Å². The number of rotatable bonds is 2. The predicted molar refractivity (Wildman–Crippen MR) is 41.1 cm³/mol. The van der Waals surface area contributed by atoms with Crippen molar-refractivity contribution in [2.75, 3.05) is 0 Å². The molecule has 1 aromatic rings. The largest absolute Gasteiger partial charge is 0.363 e. The quantitative estimate of drug-likeness (QED) is 0.654. The van der Waals surface area contributed by atoms with Crippen LogP contribution in [0.15, 0.2) is 6.20 Å². The van der Waals surface area contributed by atoms with E-state index in [1.165, 1.54) is 0 Å². The van der Waals surface area contributed by atoms with E-state index in [-0.39, 0.29) is 0 Å². The fourth-order valence-corrected chi connectivity index (χ4v) is 1.00. The molecule has 1 amide bonds. The zero-order chi connectivity index (χ0) is 8.43. The third kappa shape index (κ3) is 1.24. The van der Waals surface area contributed by atoms with Gasteiger partial charge in [-0.3, -0.25) is 4.79 Å². The Morgan fingerprint density at radius 2 is 2.45 bits per heavy atom. The van der Waals surface area contributed by atoms with Crippen LogP contribution in [0.3, 0.4) is 0 Å². The lowest BCUT2D eigenvalue weighted by Gasteiger charge is -1.99. The van der Waals surface area contributed by atoms with Gasteiger partial charge in [0.25, 0.3) is 5.91 Å². The smallest absolute Gasteiger partial charge is 0.284 e. The molecule has 4 heteroatoms. The van der Waals surface area contributed by atoms with Gasteiger partial charge in [-0.2, -0.15) is 0 Å². The lowest BCUT2D eigenvalue weighted by Crippen LogP contribution is -2.17. The lowest BCUT2D eigenvalue weighted by atomic mass is 10.4. The number of nitrogens with zero attached hydrogens (tertiary/aromatic N) is 2. The molecule has 60 valence electrons. The summed E-state index contributed by atoms with van der Waals surface area (Å²) in [5.41, 5.74) is 6.07. The normalized spacial score (nSPS) is 10.0. The summed E-state index contributed by atoms with van der Waals surface area (Å²) in [6.45, 7) is 2.00. The van der Waals surface area contributed by atoms with Crippen LogP contribution in [-0.2, 0) is 13.5 Å². The van der Waals surface area contributed by atoms with E-state index < -0.39 is 5.91 Å². The fourth-order valence-electron chi connectivity index (χ4n) is 1.00. The van der Waals surface area contributed by atoms with Gasteiger partial charge in [0.05, 0.1) is 0 Å². The van der Waals surface area contributed by atoms with E-state index in [4.69, 9.17) is 5.73 Å². The first-order valence-electron chi connectivity index (χ1n) is 3.47. The number of nitrogens with two attached hydrogens (primary N) is 1. The molecule has 0 unspecified atom stereocenters. The maximum absolute atomic E-state index is 10.7. The number of carbonyl (C=O) groups is 1. The molecule has 0 saturated heterocycles. The van der Waals surface area contributed by atoms with Crippen LogP contribution in [0, 0.1) is 0 Å².